The summed E-state index contributed by atoms with van der Waals surface area (Å²) in [6.45, 7) is 12.0. The van der Waals surface area contributed by atoms with Crippen LogP contribution >= 0.6 is 0 Å². The van der Waals surface area contributed by atoms with Crippen LogP contribution in [0.2, 0.25) is 0 Å². The molecule has 0 aromatic heterocycles. The van der Waals surface area contributed by atoms with Gasteiger partial charge in [0.15, 0.2) is 0 Å². The van der Waals surface area contributed by atoms with Crippen LogP contribution < -0.4 is 0 Å². The molecule has 16 heavy (non-hydrogen) atoms. The van der Waals surface area contributed by atoms with Gasteiger partial charge in [-0.3, -0.25) is 0 Å². The molecule has 0 bridgehead atoms. The molecule has 2 nitrogen and oxygen atoms in total. The molecule has 0 amide bonds. The molecule has 0 fully saturated rings. The first-order chi connectivity index (χ1) is 7.56. The predicted octanol–water partition coefficient (Wildman–Crippen LogP) is 4.10. The predicted molar refractivity (Wildman–Crippen MR) is 68.3 cm³/mol. The van der Waals surface area contributed by atoms with Gasteiger partial charge in [-0.25, -0.2) is 4.79 Å². The van der Waals surface area contributed by atoms with Crippen molar-refractivity contribution in [1.29, 1.82) is 0 Å². The Morgan fingerprint density at radius 1 is 1.38 bits per heavy atom. The fraction of sp³-hybridized carbons (Fsp3) is 0.786. The zero-order chi connectivity index (χ0) is 12.6. The Morgan fingerprint density at radius 3 is 2.31 bits per heavy atom. The minimum atomic E-state index is -0.305. The maximum absolute atomic E-state index is 11.4. The fourth-order valence-electron chi connectivity index (χ4n) is 2.21. The van der Waals surface area contributed by atoms with Crippen molar-refractivity contribution in [2.45, 2.75) is 65.4 Å². The molecule has 0 aromatic carbocycles. The quantitative estimate of drug-likeness (QED) is 0.460. The van der Waals surface area contributed by atoms with Gasteiger partial charge in [-0.15, -0.1) is 0 Å². The molecule has 1 unspecified atom stereocenters. The molecule has 0 heterocycles. The summed E-state index contributed by atoms with van der Waals surface area (Å²) in [5.41, 5.74) is -0.305. The van der Waals surface area contributed by atoms with Crippen molar-refractivity contribution in [3.63, 3.8) is 0 Å². The van der Waals surface area contributed by atoms with E-state index >= 15 is 0 Å². The van der Waals surface area contributed by atoms with E-state index in [9.17, 15) is 4.79 Å². The number of carbonyl (C=O) groups excluding carboxylic acids is 1. The first-order valence-corrected chi connectivity index (χ1v) is 6.41. The van der Waals surface area contributed by atoms with Gasteiger partial charge in [-0.2, -0.15) is 0 Å². The van der Waals surface area contributed by atoms with Gasteiger partial charge in [0, 0.05) is 6.08 Å². The lowest BCUT2D eigenvalue weighted by molar-refractivity contribution is -0.161. The minimum Gasteiger partial charge on any atom is -0.456 e. The number of unbranched alkanes of at least 4 members (excludes halogenated alkanes) is 1. The van der Waals surface area contributed by atoms with E-state index in [1.165, 1.54) is 18.9 Å². The summed E-state index contributed by atoms with van der Waals surface area (Å²) in [6, 6.07) is 0. The third-order valence-corrected chi connectivity index (χ3v) is 3.56. The van der Waals surface area contributed by atoms with Gasteiger partial charge < -0.3 is 4.74 Å². The van der Waals surface area contributed by atoms with E-state index in [0.717, 1.165) is 19.3 Å². The van der Waals surface area contributed by atoms with Crippen LogP contribution in [0.1, 0.15) is 59.8 Å². The highest BCUT2D eigenvalue weighted by atomic mass is 16.6. The summed E-state index contributed by atoms with van der Waals surface area (Å²) in [7, 11) is 0. The Hall–Kier alpha value is -0.790. The second-order valence-corrected chi connectivity index (χ2v) is 4.44. The van der Waals surface area contributed by atoms with E-state index < -0.39 is 0 Å². The molecule has 0 aliphatic rings. The molecule has 0 saturated carbocycles. The second kappa shape index (κ2) is 7.48. The van der Waals surface area contributed by atoms with E-state index in [1.807, 2.05) is 0 Å². The molecule has 0 N–H and O–H groups in total. The van der Waals surface area contributed by atoms with E-state index in [-0.39, 0.29) is 11.6 Å². The zero-order valence-electron chi connectivity index (χ0n) is 11.2. The maximum atomic E-state index is 11.4. The van der Waals surface area contributed by atoms with Crippen LogP contribution in [0, 0.1) is 5.92 Å². The average Bonchev–Trinajstić information content (AvgIpc) is 2.32. The van der Waals surface area contributed by atoms with Crippen molar-refractivity contribution in [2.75, 3.05) is 0 Å². The minimum absolute atomic E-state index is 0.299. The summed E-state index contributed by atoms with van der Waals surface area (Å²) in [5.74, 6) is 0.110. The molecule has 1 atom stereocenters. The molecular formula is C14H26O2. The Bertz CT molecular complexity index is 217. The van der Waals surface area contributed by atoms with Gasteiger partial charge in [-0.1, -0.05) is 47.1 Å². The molecule has 0 rings (SSSR count). The summed E-state index contributed by atoms with van der Waals surface area (Å²) in [4.78, 5) is 11.4. The van der Waals surface area contributed by atoms with Crippen LogP contribution in [0.4, 0.5) is 0 Å². The van der Waals surface area contributed by atoms with E-state index in [2.05, 4.69) is 34.3 Å². The third kappa shape index (κ3) is 3.99. The van der Waals surface area contributed by atoms with Gasteiger partial charge in [0.05, 0.1) is 0 Å². The zero-order valence-corrected chi connectivity index (χ0v) is 11.2. The highest BCUT2D eigenvalue weighted by Gasteiger charge is 2.35. The first-order valence-electron chi connectivity index (χ1n) is 6.41. The summed E-state index contributed by atoms with van der Waals surface area (Å²) < 4.78 is 5.59. The Morgan fingerprint density at radius 2 is 1.94 bits per heavy atom. The average molecular weight is 226 g/mol. The van der Waals surface area contributed by atoms with Crippen LogP contribution in [0.3, 0.4) is 0 Å². The van der Waals surface area contributed by atoms with E-state index in [1.54, 1.807) is 0 Å². The van der Waals surface area contributed by atoms with Crippen LogP contribution in [-0.4, -0.2) is 11.6 Å². The lowest BCUT2D eigenvalue weighted by Crippen LogP contribution is -2.40. The van der Waals surface area contributed by atoms with Crippen molar-refractivity contribution >= 4 is 5.97 Å². The Balaban J connectivity index is 4.64. The molecule has 0 aliphatic heterocycles. The number of rotatable bonds is 8. The highest BCUT2D eigenvalue weighted by molar-refractivity contribution is 5.81. The summed E-state index contributed by atoms with van der Waals surface area (Å²) >= 11 is 0. The normalized spacial score (nSPS) is 13.2. The van der Waals surface area contributed by atoms with Gasteiger partial charge >= 0.3 is 5.97 Å². The lowest BCUT2D eigenvalue weighted by Gasteiger charge is -2.37. The molecule has 94 valence electrons. The summed E-state index contributed by atoms with van der Waals surface area (Å²) in [6.07, 6.45) is 6.48. The molecule has 0 radical (unpaired) electrons. The molecule has 0 spiro atoms. The maximum Gasteiger partial charge on any atom is 0.330 e. The fourth-order valence-corrected chi connectivity index (χ4v) is 2.21. The molecule has 0 aromatic rings. The van der Waals surface area contributed by atoms with Crippen molar-refractivity contribution in [3.05, 3.63) is 12.7 Å². The topological polar surface area (TPSA) is 26.3 Å². The smallest absolute Gasteiger partial charge is 0.330 e. The van der Waals surface area contributed by atoms with Crippen LogP contribution in [-0.2, 0) is 9.53 Å². The summed E-state index contributed by atoms with van der Waals surface area (Å²) in [5, 5.41) is 0. The molecule has 0 aliphatic carbocycles. The molecular weight excluding hydrogens is 200 g/mol. The van der Waals surface area contributed by atoms with E-state index in [0.29, 0.717) is 5.92 Å². The Kier molecular flexibility index (Phi) is 7.11. The molecule has 2 heteroatoms. The van der Waals surface area contributed by atoms with Crippen LogP contribution in [0.5, 0.6) is 0 Å². The second-order valence-electron chi connectivity index (χ2n) is 4.44. The third-order valence-electron chi connectivity index (χ3n) is 3.56. The number of carbonyl (C=O) groups is 1. The highest BCUT2D eigenvalue weighted by Crippen LogP contribution is 2.33. The lowest BCUT2D eigenvalue weighted by atomic mass is 9.81. The van der Waals surface area contributed by atoms with Crippen molar-refractivity contribution < 1.29 is 9.53 Å². The largest absolute Gasteiger partial charge is 0.456 e. The Labute approximate surface area is 100 Å². The SMILES string of the molecule is C=CC(=O)OC(CC)(CC)C(C)CCCC. The van der Waals surface area contributed by atoms with Crippen molar-refractivity contribution in [2.24, 2.45) is 5.92 Å². The molecule has 0 saturated heterocycles. The van der Waals surface area contributed by atoms with Gasteiger partial charge in [-0.05, 0) is 25.2 Å². The van der Waals surface area contributed by atoms with Crippen molar-refractivity contribution in [3.8, 4) is 0 Å². The van der Waals surface area contributed by atoms with Gasteiger partial charge in [0.25, 0.3) is 0 Å². The monoisotopic (exact) mass is 226 g/mol. The number of hydrogen-bond acceptors (Lipinski definition) is 2. The van der Waals surface area contributed by atoms with Crippen molar-refractivity contribution in [1.82, 2.24) is 0 Å². The van der Waals surface area contributed by atoms with Gasteiger partial charge in [0.1, 0.15) is 5.60 Å². The first kappa shape index (κ1) is 15.2. The van der Waals surface area contributed by atoms with Gasteiger partial charge in [0.2, 0.25) is 0 Å². The van der Waals surface area contributed by atoms with Crippen LogP contribution in [0.15, 0.2) is 12.7 Å². The van der Waals surface area contributed by atoms with E-state index in [4.69, 9.17) is 4.74 Å². The van der Waals surface area contributed by atoms with Crippen LogP contribution in [0.25, 0.3) is 0 Å². The number of esters is 1. The number of hydrogen-bond donors (Lipinski definition) is 0. The number of ether oxygens (including phenoxy) is 1. The standard InChI is InChI=1S/C14H26O2/c1-6-10-11-12(5)14(8-3,9-4)16-13(15)7-2/h7,12H,2,6,8-11H2,1,3-5H3.